The Morgan fingerprint density at radius 3 is 1.66 bits per heavy atom. The summed E-state index contributed by atoms with van der Waals surface area (Å²) in [5.74, 6) is 0.230. The molecule has 1 aliphatic carbocycles. The minimum Gasteiger partial charge on any atom is -0.744 e. The maximum atomic E-state index is 13.4. The minimum atomic E-state index is -4.77. The summed E-state index contributed by atoms with van der Waals surface area (Å²) in [6.45, 7) is 22.9. The van der Waals surface area contributed by atoms with Crippen LogP contribution in [-0.4, -0.2) is 42.5 Å². The molecule has 14 heteroatoms. The van der Waals surface area contributed by atoms with E-state index in [1.165, 1.54) is 12.1 Å². The second-order valence-electron chi connectivity index (χ2n) is 18.7. The van der Waals surface area contributed by atoms with Crippen LogP contribution in [0.25, 0.3) is 5.57 Å². The van der Waals surface area contributed by atoms with Crippen molar-refractivity contribution in [2.45, 2.75) is 116 Å². The summed E-state index contributed by atoms with van der Waals surface area (Å²) in [6, 6.07) is 20.1. The van der Waals surface area contributed by atoms with Crippen molar-refractivity contribution in [1.82, 2.24) is 0 Å². The summed E-state index contributed by atoms with van der Waals surface area (Å²) in [7, 11) is -8.88. The van der Waals surface area contributed by atoms with Gasteiger partial charge in [-0.2, -0.15) is 8.42 Å². The van der Waals surface area contributed by atoms with Crippen LogP contribution in [0.5, 0.6) is 17.2 Å². The summed E-state index contributed by atoms with van der Waals surface area (Å²) < 4.78 is 70.6. The number of carbonyl (C=O) groups excluding carboxylic acids is 1. The number of allylic oxidation sites excluding steroid dienone is 5. The van der Waals surface area contributed by atoms with Crippen LogP contribution in [0, 0.1) is 26.7 Å². The Morgan fingerprint density at radius 1 is 0.662 bits per heavy atom. The largest absolute Gasteiger partial charge is 0.744 e. The molecule has 1 heterocycles. The van der Waals surface area contributed by atoms with E-state index in [2.05, 4.69) is 31.9 Å². The Labute approximate surface area is 417 Å². The lowest BCUT2D eigenvalue weighted by atomic mass is 9.75. The number of benzene rings is 5. The lowest BCUT2D eigenvalue weighted by Crippen LogP contribution is -2.32. The number of halogens is 2. The van der Waals surface area contributed by atoms with Gasteiger partial charge in [0.25, 0.3) is 10.1 Å². The molecule has 0 amide bonds. The molecule has 0 saturated carbocycles. The number of ketones is 1. The van der Waals surface area contributed by atoms with Gasteiger partial charge in [-0.05, 0) is 199 Å². The molecule has 2 aliphatic rings. The third-order valence-electron chi connectivity index (χ3n) is 12.7. The van der Waals surface area contributed by atoms with Gasteiger partial charge < -0.3 is 19.9 Å². The molecule has 360 valence electrons. The molecule has 0 spiro atoms. The van der Waals surface area contributed by atoms with E-state index in [9.17, 15) is 41.5 Å². The number of hydrogen-bond acceptors (Lipinski definition) is 10. The number of phenols is 3. The molecule has 10 nitrogen and oxygen atoms in total. The van der Waals surface area contributed by atoms with E-state index >= 15 is 0 Å². The van der Waals surface area contributed by atoms with E-state index in [1.54, 1.807) is 61.5 Å². The second-order valence-corrected chi connectivity index (χ2v) is 23.1. The molecule has 3 N–H and O–H groups in total. The minimum absolute atomic E-state index is 0.0143. The molecule has 0 bridgehead atoms. The predicted molar refractivity (Wildman–Crippen MR) is 273 cm³/mol. The van der Waals surface area contributed by atoms with Crippen molar-refractivity contribution < 1.29 is 45.7 Å². The summed E-state index contributed by atoms with van der Waals surface area (Å²) in [5.41, 5.74) is 7.74. The van der Waals surface area contributed by atoms with E-state index in [1.807, 2.05) is 94.4 Å². The Morgan fingerprint density at radius 2 is 1.16 bits per heavy atom. The number of rotatable bonds is 9. The predicted octanol–water partition coefficient (Wildman–Crippen LogP) is 13.1. The van der Waals surface area contributed by atoms with Crippen LogP contribution < -0.4 is 0 Å². The van der Waals surface area contributed by atoms with Crippen LogP contribution in [0.1, 0.15) is 141 Å². The third kappa shape index (κ3) is 9.44. The zero-order chi connectivity index (χ0) is 50.7. The van der Waals surface area contributed by atoms with E-state index in [0.717, 1.165) is 5.56 Å². The average molecular weight is 1090 g/mol. The molecule has 0 saturated heterocycles. The van der Waals surface area contributed by atoms with Gasteiger partial charge in [-0.1, -0.05) is 91.8 Å². The van der Waals surface area contributed by atoms with E-state index in [0.29, 0.717) is 81.3 Å². The Hall–Kier alpha value is -4.83. The van der Waals surface area contributed by atoms with Crippen LogP contribution in [0.2, 0.25) is 0 Å². The van der Waals surface area contributed by atoms with Gasteiger partial charge in [-0.3, -0.25) is 4.79 Å². The summed E-state index contributed by atoms with van der Waals surface area (Å²) in [5, 5.41) is 32.3. The molecule has 0 aromatic heterocycles. The van der Waals surface area contributed by atoms with Crippen molar-refractivity contribution in [2.24, 2.45) is 5.92 Å². The molecule has 0 fully saturated rings. The average Bonchev–Trinajstić information content (AvgIpc) is 3.49. The van der Waals surface area contributed by atoms with Crippen molar-refractivity contribution >= 4 is 63.5 Å². The van der Waals surface area contributed by atoms with Gasteiger partial charge >= 0.3 is 0 Å². The Kier molecular flexibility index (Phi) is 15.1. The van der Waals surface area contributed by atoms with E-state index in [-0.39, 0.29) is 62.1 Å². The smallest absolute Gasteiger partial charge is 0.298 e. The van der Waals surface area contributed by atoms with Crippen LogP contribution in [0.15, 0.2) is 120 Å². The number of phenolic OH excluding ortho intramolecular Hbond substituents is 3. The molecule has 0 radical (unpaired) electrons. The molecule has 7 rings (SSSR count). The number of hydrogen-bond donors (Lipinski definition) is 3. The van der Waals surface area contributed by atoms with Gasteiger partial charge in [0.15, 0.2) is 11.4 Å². The fourth-order valence-electron chi connectivity index (χ4n) is 9.06. The number of aryl methyl sites for hydroxylation is 1. The van der Waals surface area contributed by atoms with Gasteiger partial charge in [-0.15, -0.1) is 0 Å². The highest BCUT2D eigenvalue weighted by Gasteiger charge is 2.53. The highest BCUT2D eigenvalue weighted by atomic mass is 79.9. The quantitative estimate of drug-likeness (QED) is 0.0950. The first-order chi connectivity index (χ1) is 31.6. The summed E-state index contributed by atoms with van der Waals surface area (Å²) >= 11 is 7.08. The van der Waals surface area contributed by atoms with Crippen LogP contribution in [-0.2, 0) is 34.8 Å². The Bertz CT molecular complexity index is 3140. The van der Waals surface area contributed by atoms with Crippen molar-refractivity contribution in [3.8, 4) is 17.2 Å². The molecule has 68 heavy (non-hydrogen) atoms. The van der Waals surface area contributed by atoms with Crippen molar-refractivity contribution in [3.63, 3.8) is 0 Å². The first-order valence-electron chi connectivity index (χ1n) is 22.3. The lowest BCUT2D eigenvalue weighted by Gasteiger charge is -2.34. The Balaban J connectivity index is 0.000000224. The zero-order valence-corrected chi connectivity index (χ0v) is 45.0. The van der Waals surface area contributed by atoms with Crippen molar-refractivity contribution in [3.05, 3.63) is 172 Å². The van der Waals surface area contributed by atoms with Gasteiger partial charge in [0.1, 0.15) is 32.3 Å². The summed E-state index contributed by atoms with van der Waals surface area (Å²) in [4.78, 5) is 12.4. The fourth-order valence-corrected chi connectivity index (χ4v) is 12.0. The zero-order valence-electron chi connectivity index (χ0n) is 40.2. The van der Waals surface area contributed by atoms with Gasteiger partial charge in [0.05, 0.1) is 13.8 Å². The monoisotopic (exact) mass is 1090 g/mol. The van der Waals surface area contributed by atoms with Crippen molar-refractivity contribution in [2.75, 3.05) is 0 Å². The van der Waals surface area contributed by atoms with Crippen LogP contribution >= 0.6 is 31.9 Å². The highest BCUT2D eigenvalue weighted by Crippen LogP contribution is 2.56. The second kappa shape index (κ2) is 19.5. The van der Waals surface area contributed by atoms with E-state index in [4.69, 9.17) is 4.18 Å². The van der Waals surface area contributed by atoms with Gasteiger partial charge in [-0.25, -0.2) is 12.6 Å². The number of fused-ring (bicyclic) bond motifs is 1. The molecule has 5 aromatic rings. The molecule has 5 aromatic carbocycles. The first-order valence-corrected chi connectivity index (χ1v) is 26.7. The van der Waals surface area contributed by atoms with Gasteiger partial charge in [0.2, 0.25) is 0 Å². The third-order valence-corrected chi connectivity index (χ3v) is 16.9. The van der Waals surface area contributed by atoms with Crippen molar-refractivity contribution in [1.29, 1.82) is 0 Å². The highest BCUT2D eigenvalue weighted by molar-refractivity contribution is 9.11. The SMILES string of the molecule is CC1=CC(=O)C(C(C)C)=C/C1=C(\c1cc(C(C)C)c(O)cc1C)c1ccccc1S(=O)(=O)[O-].Cc1c(C2(c3cc(C(C)C)c(O)c(Br)c3C)OS(=O)(=O)c3ccccc32)cc(C(C)C)c(O)c1Br. The van der Waals surface area contributed by atoms with E-state index < -0.39 is 25.8 Å². The summed E-state index contributed by atoms with van der Waals surface area (Å²) in [6.07, 6.45) is 3.35. The molecular weight excluding hydrogens is 1030 g/mol. The number of carbonyl (C=O) groups is 1. The maximum absolute atomic E-state index is 13.4. The maximum Gasteiger partial charge on any atom is 0.298 e. The van der Waals surface area contributed by atoms with Crippen LogP contribution in [0.3, 0.4) is 0 Å². The first kappa shape index (κ1) is 52.5. The number of aromatic hydroxyl groups is 3. The van der Waals surface area contributed by atoms with Gasteiger partial charge in [0, 0.05) is 16.7 Å². The molecule has 0 atom stereocenters. The fraction of sp³-hybridized carbons (Fsp3) is 0.315. The molecule has 0 unspecified atom stereocenters. The molecular formula is C54H57Br2O10S2-. The standard InChI is InChI=1S/C27H28Br2O5S.C27H30O5S/c1-13(2)17-11-20(15(5)23(28)25(17)30)27(19-9-7-8-10-22(19)35(32,33)34-27)21-12-18(14(3)4)26(31)24(29)16(21)6;1-15(2)20-13-22(17(5)11-24(20)28)27(19-9-7-8-10-26(19)33(30,31)32)23-14-21(16(3)4)25(29)12-18(23)6/h7-14,30-31H,1-6H3;7-16,28H,1-6H3,(H,30,31,32)/p-1/b;27-23+. The topological polar surface area (TPSA) is 178 Å². The normalized spacial score (nSPS) is 16.2. The van der Waals surface area contributed by atoms with Crippen LogP contribution in [0.4, 0.5) is 0 Å². The molecule has 1 aliphatic heterocycles. The lowest BCUT2D eigenvalue weighted by molar-refractivity contribution is -0.111.